The van der Waals surface area contributed by atoms with Crippen molar-refractivity contribution in [3.63, 3.8) is 0 Å². The standard InChI is InChI=1S/C11H14O2S/c1-9(2)11-6-4-10(5-7-11)8-14(3,12)13/h4-7H,1,8H2,2-3H3. The van der Waals surface area contributed by atoms with Crippen molar-refractivity contribution in [2.24, 2.45) is 0 Å². The second-order valence-corrected chi connectivity index (χ2v) is 5.69. The number of hydrogen-bond acceptors (Lipinski definition) is 2. The third-order valence-electron chi connectivity index (χ3n) is 1.88. The molecule has 0 radical (unpaired) electrons. The molecule has 1 aromatic rings. The summed E-state index contributed by atoms with van der Waals surface area (Å²) < 4.78 is 22.0. The van der Waals surface area contributed by atoms with Crippen molar-refractivity contribution in [2.45, 2.75) is 12.7 Å². The Morgan fingerprint density at radius 1 is 1.29 bits per heavy atom. The summed E-state index contributed by atoms with van der Waals surface area (Å²) in [4.78, 5) is 0. The Hall–Kier alpha value is -1.09. The van der Waals surface area contributed by atoms with Crippen LogP contribution in [0.2, 0.25) is 0 Å². The Bertz CT molecular complexity index is 427. The zero-order valence-electron chi connectivity index (χ0n) is 8.45. The van der Waals surface area contributed by atoms with E-state index < -0.39 is 9.84 Å². The summed E-state index contributed by atoms with van der Waals surface area (Å²) in [7, 11) is -2.93. The molecule has 0 aliphatic heterocycles. The Kier molecular flexibility index (Phi) is 3.11. The van der Waals surface area contributed by atoms with Crippen LogP contribution in [0.5, 0.6) is 0 Å². The van der Waals surface area contributed by atoms with Crippen LogP contribution in [-0.4, -0.2) is 14.7 Å². The van der Waals surface area contributed by atoms with Gasteiger partial charge in [-0.15, -0.1) is 0 Å². The molecule has 2 nitrogen and oxygen atoms in total. The Morgan fingerprint density at radius 2 is 1.79 bits per heavy atom. The third-order valence-corrected chi connectivity index (χ3v) is 2.73. The van der Waals surface area contributed by atoms with Crippen LogP contribution in [0.1, 0.15) is 18.1 Å². The summed E-state index contributed by atoms with van der Waals surface area (Å²) in [5.74, 6) is 0.101. The van der Waals surface area contributed by atoms with Crippen molar-refractivity contribution < 1.29 is 8.42 Å². The summed E-state index contributed by atoms with van der Waals surface area (Å²) in [6.45, 7) is 5.73. The maximum atomic E-state index is 11.0. The molecule has 14 heavy (non-hydrogen) atoms. The summed E-state index contributed by atoms with van der Waals surface area (Å²) in [6, 6.07) is 7.43. The van der Waals surface area contributed by atoms with Crippen LogP contribution in [0.4, 0.5) is 0 Å². The summed E-state index contributed by atoms with van der Waals surface area (Å²) in [5, 5.41) is 0. The van der Waals surface area contributed by atoms with Gasteiger partial charge in [0.15, 0.2) is 9.84 Å². The number of hydrogen-bond donors (Lipinski definition) is 0. The van der Waals surface area contributed by atoms with E-state index >= 15 is 0 Å². The van der Waals surface area contributed by atoms with E-state index in [9.17, 15) is 8.42 Å². The van der Waals surface area contributed by atoms with Crippen molar-refractivity contribution >= 4 is 15.4 Å². The van der Waals surface area contributed by atoms with Gasteiger partial charge in [0.1, 0.15) is 0 Å². The molecule has 76 valence electrons. The predicted octanol–water partition coefficient (Wildman–Crippen LogP) is 2.26. The smallest absolute Gasteiger partial charge is 0.151 e. The Labute approximate surface area is 85.2 Å². The van der Waals surface area contributed by atoms with Crippen LogP contribution in [-0.2, 0) is 15.6 Å². The molecule has 0 saturated carbocycles. The van der Waals surface area contributed by atoms with Crippen molar-refractivity contribution in [1.29, 1.82) is 0 Å². The van der Waals surface area contributed by atoms with Gasteiger partial charge in [0.2, 0.25) is 0 Å². The highest BCUT2D eigenvalue weighted by Gasteiger charge is 2.03. The van der Waals surface area contributed by atoms with Gasteiger partial charge in [0.25, 0.3) is 0 Å². The van der Waals surface area contributed by atoms with E-state index in [1.54, 1.807) is 0 Å². The first-order valence-electron chi connectivity index (χ1n) is 4.31. The fourth-order valence-corrected chi connectivity index (χ4v) is 1.99. The van der Waals surface area contributed by atoms with E-state index in [-0.39, 0.29) is 5.75 Å². The zero-order chi connectivity index (χ0) is 10.8. The lowest BCUT2D eigenvalue weighted by molar-refractivity contribution is 0.601. The molecule has 0 aromatic heterocycles. The average molecular weight is 210 g/mol. The molecule has 0 spiro atoms. The number of benzene rings is 1. The first-order chi connectivity index (χ1) is 6.38. The maximum absolute atomic E-state index is 11.0. The molecule has 0 fully saturated rings. The molecule has 0 amide bonds. The molecule has 1 rings (SSSR count). The zero-order valence-corrected chi connectivity index (χ0v) is 9.26. The maximum Gasteiger partial charge on any atom is 0.151 e. The molecule has 0 bridgehead atoms. The summed E-state index contributed by atoms with van der Waals surface area (Å²) in [5.41, 5.74) is 2.84. The van der Waals surface area contributed by atoms with Gasteiger partial charge in [-0.2, -0.15) is 0 Å². The Balaban J connectivity index is 2.90. The van der Waals surface area contributed by atoms with Gasteiger partial charge >= 0.3 is 0 Å². The highest BCUT2D eigenvalue weighted by Crippen LogP contribution is 2.13. The van der Waals surface area contributed by atoms with Gasteiger partial charge in [0.05, 0.1) is 5.75 Å². The minimum atomic E-state index is -2.93. The lowest BCUT2D eigenvalue weighted by atomic mass is 10.1. The summed E-state index contributed by atoms with van der Waals surface area (Å²) >= 11 is 0. The Morgan fingerprint density at radius 3 is 2.14 bits per heavy atom. The van der Waals surface area contributed by atoms with Gasteiger partial charge in [0, 0.05) is 6.26 Å². The average Bonchev–Trinajstić information content (AvgIpc) is 2.02. The topological polar surface area (TPSA) is 34.1 Å². The van der Waals surface area contributed by atoms with Gasteiger partial charge in [-0.3, -0.25) is 0 Å². The van der Waals surface area contributed by atoms with Crippen molar-refractivity contribution in [1.82, 2.24) is 0 Å². The number of allylic oxidation sites excluding steroid dienone is 1. The minimum absolute atomic E-state index is 0.101. The van der Waals surface area contributed by atoms with Crippen LogP contribution in [0, 0.1) is 0 Å². The van der Waals surface area contributed by atoms with Crippen LogP contribution >= 0.6 is 0 Å². The van der Waals surface area contributed by atoms with Crippen molar-refractivity contribution in [3.05, 3.63) is 42.0 Å². The fourth-order valence-electron chi connectivity index (χ4n) is 1.19. The van der Waals surface area contributed by atoms with Crippen molar-refractivity contribution in [2.75, 3.05) is 6.26 Å². The molecule has 3 heteroatoms. The van der Waals surface area contributed by atoms with Gasteiger partial charge in [-0.05, 0) is 18.1 Å². The lowest BCUT2D eigenvalue weighted by Crippen LogP contribution is -2.00. The molecular formula is C11H14O2S. The fraction of sp³-hybridized carbons (Fsp3) is 0.273. The molecule has 0 heterocycles. The van der Waals surface area contributed by atoms with Gasteiger partial charge < -0.3 is 0 Å². The van der Waals surface area contributed by atoms with Crippen LogP contribution < -0.4 is 0 Å². The molecule has 1 aromatic carbocycles. The second kappa shape index (κ2) is 3.96. The van der Waals surface area contributed by atoms with E-state index in [0.29, 0.717) is 0 Å². The third kappa shape index (κ3) is 3.34. The van der Waals surface area contributed by atoms with E-state index in [1.807, 2.05) is 31.2 Å². The first-order valence-corrected chi connectivity index (χ1v) is 6.37. The van der Waals surface area contributed by atoms with E-state index in [0.717, 1.165) is 16.7 Å². The molecule has 0 aliphatic carbocycles. The molecule has 0 saturated heterocycles. The molecule has 0 atom stereocenters. The predicted molar refractivity (Wildman–Crippen MR) is 59.7 cm³/mol. The highest BCUT2D eigenvalue weighted by molar-refractivity contribution is 7.89. The first kappa shape index (κ1) is 11.0. The monoisotopic (exact) mass is 210 g/mol. The van der Waals surface area contributed by atoms with Crippen LogP contribution in [0.25, 0.3) is 5.57 Å². The second-order valence-electron chi connectivity index (χ2n) is 3.55. The van der Waals surface area contributed by atoms with Gasteiger partial charge in [-0.1, -0.05) is 36.4 Å². The lowest BCUT2D eigenvalue weighted by Gasteiger charge is -2.02. The molecule has 0 N–H and O–H groups in total. The number of rotatable bonds is 3. The van der Waals surface area contributed by atoms with Crippen molar-refractivity contribution in [3.8, 4) is 0 Å². The normalized spacial score (nSPS) is 11.3. The van der Waals surface area contributed by atoms with Crippen LogP contribution in [0.15, 0.2) is 30.8 Å². The van der Waals surface area contributed by atoms with E-state index in [1.165, 1.54) is 6.26 Å². The van der Waals surface area contributed by atoms with E-state index in [2.05, 4.69) is 6.58 Å². The quantitative estimate of drug-likeness (QED) is 0.767. The molecule has 0 aliphatic rings. The molecule has 0 unspecified atom stereocenters. The van der Waals surface area contributed by atoms with Gasteiger partial charge in [-0.25, -0.2) is 8.42 Å². The van der Waals surface area contributed by atoms with E-state index in [4.69, 9.17) is 0 Å². The minimum Gasteiger partial charge on any atom is -0.229 e. The summed E-state index contributed by atoms with van der Waals surface area (Å²) in [6.07, 6.45) is 1.24. The largest absolute Gasteiger partial charge is 0.229 e. The highest BCUT2D eigenvalue weighted by atomic mass is 32.2. The molecular weight excluding hydrogens is 196 g/mol. The SMILES string of the molecule is C=C(C)c1ccc(CS(C)(=O)=O)cc1. The van der Waals surface area contributed by atoms with Crippen LogP contribution in [0.3, 0.4) is 0 Å². The number of sulfone groups is 1.